The Labute approximate surface area is 152 Å². The van der Waals surface area contributed by atoms with Crippen LogP contribution in [0.3, 0.4) is 0 Å². The van der Waals surface area contributed by atoms with Crippen LogP contribution in [0.1, 0.15) is 41.4 Å². The van der Waals surface area contributed by atoms with Crippen LogP contribution in [0.15, 0.2) is 16.5 Å². The van der Waals surface area contributed by atoms with Gasteiger partial charge < -0.3 is 14.6 Å². The SMILES string of the molecule is CC(=O)NCC1CCCN(C(=O)c2oc3c(Cl)cc(C)cc3c2C)C1. The molecular formula is C19H23ClN2O3. The minimum atomic E-state index is -0.102. The molecule has 2 aromatic rings. The number of hydrogen-bond donors (Lipinski definition) is 1. The average molecular weight is 363 g/mol. The Morgan fingerprint density at radius 2 is 2.12 bits per heavy atom. The van der Waals surface area contributed by atoms with E-state index in [1.807, 2.05) is 30.9 Å². The molecule has 1 N–H and O–H groups in total. The summed E-state index contributed by atoms with van der Waals surface area (Å²) in [6.45, 7) is 7.31. The van der Waals surface area contributed by atoms with Crippen LogP contribution >= 0.6 is 11.6 Å². The molecule has 1 aliphatic rings. The van der Waals surface area contributed by atoms with Crippen molar-refractivity contribution in [2.75, 3.05) is 19.6 Å². The summed E-state index contributed by atoms with van der Waals surface area (Å²) < 4.78 is 5.84. The molecule has 1 saturated heterocycles. The van der Waals surface area contributed by atoms with E-state index in [4.69, 9.17) is 16.0 Å². The molecule has 134 valence electrons. The number of nitrogens with zero attached hydrogens (tertiary/aromatic N) is 1. The van der Waals surface area contributed by atoms with Gasteiger partial charge in [-0.2, -0.15) is 0 Å². The zero-order valence-corrected chi connectivity index (χ0v) is 15.6. The third kappa shape index (κ3) is 3.66. The first-order chi connectivity index (χ1) is 11.9. The number of halogens is 1. The van der Waals surface area contributed by atoms with Crippen LogP contribution in [0.5, 0.6) is 0 Å². The molecule has 5 nitrogen and oxygen atoms in total. The van der Waals surface area contributed by atoms with Crippen molar-refractivity contribution in [2.45, 2.75) is 33.6 Å². The molecule has 0 aliphatic carbocycles. The monoisotopic (exact) mass is 362 g/mol. The Bertz CT molecular complexity index is 828. The van der Waals surface area contributed by atoms with Crippen molar-refractivity contribution in [3.05, 3.63) is 34.0 Å². The van der Waals surface area contributed by atoms with Gasteiger partial charge in [0.1, 0.15) is 0 Å². The minimum absolute atomic E-state index is 0.0402. The molecule has 1 unspecified atom stereocenters. The predicted molar refractivity (Wildman–Crippen MR) is 98.0 cm³/mol. The van der Waals surface area contributed by atoms with E-state index in [1.54, 1.807) is 0 Å². The summed E-state index contributed by atoms with van der Waals surface area (Å²) >= 11 is 6.27. The molecule has 0 saturated carbocycles. The molecule has 1 aromatic carbocycles. The van der Waals surface area contributed by atoms with E-state index in [1.165, 1.54) is 6.92 Å². The standard InChI is InChI=1S/C19H23ClN2O3/c1-11-7-15-12(2)17(25-18(15)16(20)8-11)19(24)22-6-4-5-14(10-22)9-21-13(3)23/h7-8,14H,4-6,9-10H2,1-3H3,(H,21,23). The first-order valence-electron chi connectivity index (χ1n) is 8.59. The van der Waals surface area contributed by atoms with Gasteiger partial charge >= 0.3 is 0 Å². The number of benzene rings is 1. The summed E-state index contributed by atoms with van der Waals surface area (Å²) in [5.74, 6) is 0.497. The second-order valence-corrected chi connectivity index (χ2v) is 7.28. The first-order valence-corrected chi connectivity index (χ1v) is 8.97. The van der Waals surface area contributed by atoms with Crippen LogP contribution in [-0.4, -0.2) is 36.3 Å². The molecule has 0 bridgehead atoms. The van der Waals surface area contributed by atoms with Gasteiger partial charge in [0.25, 0.3) is 5.91 Å². The fraction of sp³-hybridized carbons (Fsp3) is 0.474. The highest BCUT2D eigenvalue weighted by Gasteiger charge is 2.28. The van der Waals surface area contributed by atoms with Crippen molar-refractivity contribution >= 4 is 34.4 Å². The summed E-state index contributed by atoms with van der Waals surface area (Å²) in [6.07, 6.45) is 1.93. The van der Waals surface area contributed by atoms with Crippen molar-refractivity contribution in [3.8, 4) is 0 Å². The van der Waals surface area contributed by atoms with Gasteiger partial charge in [-0.3, -0.25) is 9.59 Å². The summed E-state index contributed by atoms with van der Waals surface area (Å²) in [7, 11) is 0. The molecule has 3 rings (SSSR count). The van der Waals surface area contributed by atoms with E-state index in [9.17, 15) is 9.59 Å². The number of likely N-dealkylation sites (tertiary alicyclic amines) is 1. The predicted octanol–water partition coefficient (Wildman–Crippen LogP) is 3.69. The minimum Gasteiger partial charge on any atom is -0.449 e. The third-order valence-electron chi connectivity index (χ3n) is 4.78. The number of fused-ring (bicyclic) bond motifs is 1. The van der Waals surface area contributed by atoms with Crippen LogP contribution in [-0.2, 0) is 4.79 Å². The van der Waals surface area contributed by atoms with E-state index in [-0.39, 0.29) is 17.7 Å². The van der Waals surface area contributed by atoms with Gasteiger partial charge in [0.05, 0.1) is 5.02 Å². The van der Waals surface area contributed by atoms with Crippen LogP contribution < -0.4 is 5.32 Å². The van der Waals surface area contributed by atoms with Crippen LogP contribution in [0, 0.1) is 19.8 Å². The molecule has 0 spiro atoms. The normalized spacial score (nSPS) is 17.8. The number of carbonyl (C=O) groups is 2. The molecule has 25 heavy (non-hydrogen) atoms. The van der Waals surface area contributed by atoms with Crippen molar-refractivity contribution < 1.29 is 14.0 Å². The highest BCUT2D eigenvalue weighted by molar-refractivity contribution is 6.35. The Hall–Kier alpha value is -2.01. The lowest BCUT2D eigenvalue weighted by atomic mass is 9.97. The summed E-state index contributed by atoms with van der Waals surface area (Å²) in [4.78, 5) is 25.9. The van der Waals surface area contributed by atoms with E-state index < -0.39 is 0 Å². The van der Waals surface area contributed by atoms with E-state index in [2.05, 4.69) is 5.32 Å². The fourth-order valence-electron chi connectivity index (χ4n) is 3.46. The number of aryl methyl sites for hydroxylation is 2. The molecule has 1 aromatic heterocycles. The maximum atomic E-state index is 13.0. The zero-order chi connectivity index (χ0) is 18.1. The first kappa shape index (κ1) is 17.8. The highest BCUT2D eigenvalue weighted by Crippen LogP contribution is 2.33. The second-order valence-electron chi connectivity index (χ2n) is 6.88. The molecule has 1 aliphatic heterocycles. The smallest absolute Gasteiger partial charge is 0.289 e. The number of nitrogens with one attached hydrogen (secondary N) is 1. The summed E-state index contributed by atoms with van der Waals surface area (Å²) in [5, 5.41) is 4.26. The zero-order valence-electron chi connectivity index (χ0n) is 14.8. The maximum Gasteiger partial charge on any atom is 0.289 e. The summed E-state index contributed by atoms with van der Waals surface area (Å²) in [6, 6.07) is 3.83. The maximum absolute atomic E-state index is 13.0. The lowest BCUT2D eigenvalue weighted by molar-refractivity contribution is -0.119. The van der Waals surface area contributed by atoms with Crippen molar-refractivity contribution in [1.29, 1.82) is 0 Å². The van der Waals surface area contributed by atoms with Crippen molar-refractivity contribution in [3.63, 3.8) is 0 Å². The number of amides is 2. The van der Waals surface area contributed by atoms with Crippen molar-refractivity contribution in [1.82, 2.24) is 10.2 Å². The molecule has 2 heterocycles. The van der Waals surface area contributed by atoms with Gasteiger partial charge in [0.15, 0.2) is 11.3 Å². The van der Waals surface area contributed by atoms with Crippen LogP contribution in [0.4, 0.5) is 0 Å². The number of furan rings is 1. The van der Waals surface area contributed by atoms with Gasteiger partial charge in [-0.05, 0) is 50.3 Å². The third-order valence-corrected chi connectivity index (χ3v) is 5.06. The molecule has 1 atom stereocenters. The molecule has 2 amide bonds. The van der Waals surface area contributed by atoms with Gasteiger partial charge in [0, 0.05) is 37.5 Å². The highest BCUT2D eigenvalue weighted by atomic mass is 35.5. The molecule has 1 fully saturated rings. The second kappa shape index (κ2) is 7.08. The van der Waals surface area contributed by atoms with Gasteiger partial charge in [-0.1, -0.05) is 11.6 Å². The Kier molecular flexibility index (Phi) is 5.04. The summed E-state index contributed by atoms with van der Waals surface area (Å²) in [5.41, 5.74) is 2.43. The van der Waals surface area contributed by atoms with Gasteiger partial charge in [-0.15, -0.1) is 0 Å². The van der Waals surface area contributed by atoms with E-state index in [0.717, 1.165) is 29.4 Å². The Morgan fingerprint density at radius 1 is 1.36 bits per heavy atom. The average Bonchev–Trinajstić information content (AvgIpc) is 2.90. The number of piperidine rings is 1. The lowest BCUT2D eigenvalue weighted by Gasteiger charge is -2.32. The van der Waals surface area contributed by atoms with Gasteiger partial charge in [0.2, 0.25) is 5.91 Å². The molecule has 0 radical (unpaired) electrons. The van der Waals surface area contributed by atoms with E-state index in [0.29, 0.717) is 36.0 Å². The largest absolute Gasteiger partial charge is 0.449 e. The molecule has 6 heteroatoms. The van der Waals surface area contributed by atoms with E-state index >= 15 is 0 Å². The Balaban J connectivity index is 1.83. The number of carbonyl (C=O) groups excluding carboxylic acids is 2. The quantitative estimate of drug-likeness (QED) is 0.905. The fourth-order valence-corrected chi connectivity index (χ4v) is 3.78. The number of hydrogen-bond acceptors (Lipinski definition) is 3. The topological polar surface area (TPSA) is 62.6 Å². The lowest BCUT2D eigenvalue weighted by Crippen LogP contribution is -2.43. The van der Waals surface area contributed by atoms with Gasteiger partial charge in [-0.25, -0.2) is 0 Å². The number of rotatable bonds is 3. The van der Waals surface area contributed by atoms with Crippen LogP contribution in [0.25, 0.3) is 11.0 Å². The molecular weight excluding hydrogens is 340 g/mol. The van der Waals surface area contributed by atoms with Crippen molar-refractivity contribution in [2.24, 2.45) is 5.92 Å². The Morgan fingerprint density at radius 3 is 2.84 bits per heavy atom. The van der Waals surface area contributed by atoms with Crippen LogP contribution in [0.2, 0.25) is 5.02 Å².